The van der Waals surface area contributed by atoms with Crippen molar-refractivity contribution in [2.45, 2.75) is 39.7 Å². The molecule has 0 unspecified atom stereocenters. The second kappa shape index (κ2) is 7.12. The number of para-hydroxylation sites is 1. The highest BCUT2D eigenvalue weighted by Crippen LogP contribution is 2.24. The van der Waals surface area contributed by atoms with Gasteiger partial charge in [-0.1, -0.05) is 44.2 Å². The third-order valence-electron chi connectivity index (χ3n) is 3.63. The number of rotatable bonds is 5. The van der Waals surface area contributed by atoms with Crippen LogP contribution >= 0.6 is 0 Å². The molecule has 0 fully saturated rings. The Balaban J connectivity index is 2.06. The smallest absolute Gasteiger partial charge is 0.246 e. The van der Waals surface area contributed by atoms with Crippen molar-refractivity contribution in [3.63, 3.8) is 0 Å². The average molecular weight is 296 g/mol. The molecule has 0 aromatic heterocycles. The first-order chi connectivity index (χ1) is 10.5. The summed E-state index contributed by atoms with van der Waals surface area (Å²) in [6.07, 6.45) is 0. The van der Waals surface area contributed by atoms with Gasteiger partial charge in [-0.15, -0.1) is 0 Å². The Morgan fingerprint density at radius 1 is 1.00 bits per heavy atom. The van der Waals surface area contributed by atoms with E-state index in [1.165, 1.54) is 5.56 Å². The summed E-state index contributed by atoms with van der Waals surface area (Å²) in [5.74, 6) is 0.375. The van der Waals surface area contributed by atoms with Crippen molar-refractivity contribution in [2.24, 2.45) is 0 Å². The molecule has 3 nitrogen and oxygen atoms in total. The SMILES string of the molecule is Cc1cccc(NC(=O)[C@@H](C)Nc2ccccc2C(C)C)c1. The Labute approximate surface area is 132 Å². The number of hydrogen-bond donors (Lipinski definition) is 2. The van der Waals surface area contributed by atoms with E-state index in [0.29, 0.717) is 5.92 Å². The van der Waals surface area contributed by atoms with Crippen LogP contribution in [0.2, 0.25) is 0 Å². The summed E-state index contributed by atoms with van der Waals surface area (Å²) in [7, 11) is 0. The van der Waals surface area contributed by atoms with Gasteiger partial charge in [0.25, 0.3) is 0 Å². The van der Waals surface area contributed by atoms with E-state index < -0.39 is 0 Å². The van der Waals surface area contributed by atoms with Crippen molar-refractivity contribution in [2.75, 3.05) is 10.6 Å². The van der Waals surface area contributed by atoms with Crippen LogP contribution in [0.4, 0.5) is 11.4 Å². The Morgan fingerprint density at radius 3 is 2.41 bits per heavy atom. The lowest BCUT2D eigenvalue weighted by Gasteiger charge is -2.19. The molecule has 1 atom stereocenters. The van der Waals surface area contributed by atoms with Crippen molar-refractivity contribution < 1.29 is 4.79 Å². The summed E-state index contributed by atoms with van der Waals surface area (Å²) in [6, 6.07) is 15.6. The van der Waals surface area contributed by atoms with Crippen LogP contribution in [0.25, 0.3) is 0 Å². The number of nitrogens with one attached hydrogen (secondary N) is 2. The highest BCUT2D eigenvalue weighted by molar-refractivity contribution is 5.96. The summed E-state index contributed by atoms with van der Waals surface area (Å²) in [4.78, 5) is 12.3. The number of carbonyl (C=O) groups excluding carboxylic acids is 1. The fraction of sp³-hybridized carbons (Fsp3) is 0.316. The van der Waals surface area contributed by atoms with Crippen molar-refractivity contribution in [1.82, 2.24) is 0 Å². The second-order valence-electron chi connectivity index (χ2n) is 5.97. The molecule has 1 amide bonds. The summed E-state index contributed by atoms with van der Waals surface area (Å²) in [6.45, 7) is 8.19. The quantitative estimate of drug-likeness (QED) is 0.849. The van der Waals surface area contributed by atoms with E-state index in [4.69, 9.17) is 0 Å². The predicted molar refractivity (Wildman–Crippen MR) is 93.4 cm³/mol. The minimum atomic E-state index is -0.305. The molecule has 0 aliphatic heterocycles. The lowest BCUT2D eigenvalue weighted by molar-refractivity contribution is -0.116. The predicted octanol–water partition coefficient (Wildman–Crippen LogP) is 4.56. The van der Waals surface area contributed by atoms with Crippen LogP contribution in [0, 0.1) is 6.92 Å². The normalized spacial score (nSPS) is 12.0. The van der Waals surface area contributed by atoms with E-state index in [9.17, 15) is 4.79 Å². The van der Waals surface area contributed by atoms with E-state index in [1.54, 1.807) is 0 Å². The molecule has 0 heterocycles. The Hall–Kier alpha value is -2.29. The van der Waals surface area contributed by atoms with Crippen molar-refractivity contribution >= 4 is 17.3 Å². The minimum absolute atomic E-state index is 0.0378. The number of hydrogen-bond acceptors (Lipinski definition) is 2. The first-order valence-corrected chi connectivity index (χ1v) is 7.70. The van der Waals surface area contributed by atoms with Gasteiger partial charge >= 0.3 is 0 Å². The molecular formula is C19H24N2O. The first kappa shape index (κ1) is 16.1. The summed E-state index contributed by atoms with van der Waals surface area (Å²) in [5.41, 5.74) is 4.20. The minimum Gasteiger partial charge on any atom is -0.374 e. The number of amides is 1. The van der Waals surface area contributed by atoms with E-state index >= 15 is 0 Å². The topological polar surface area (TPSA) is 41.1 Å². The van der Waals surface area contributed by atoms with Crippen LogP contribution in [-0.4, -0.2) is 11.9 Å². The molecule has 2 rings (SSSR count). The van der Waals surface area contributed by atoms with Gasteiger partial charge in [0, 0.05) is 11.4 Å². The van der Waals surface area contributed by atoms with Crippen molar-refractivity contribution in [3.05, 3.63) is 59.7 Å². The van der Waals surface area contributed by atoms with Gasteiger partial charge in [-0.2, -0.15) is 0 Å². The fourth-order valence-electron chi connectivity index (χ4n) is 2.40. The molecule has 0 radical (unpaired) electrons. The average Bonchev–Trinajstić information content (AvgIpc) is 2.47. The van der Waals surface area contributed by atoms with E-state index in [2.05, 4.69) is 30.5 Å². The maximum absolute atomic E-state index is 12.3. The standard InChI is InChI=1S/C19H24N2O/c1-13(2)17-10-5-6-11-18(17)20-15(4)19(22)21-16-9-7-8-14(3)12-16/h5-13,15,20H,1-4H3,(H,21,22)/t15-/m1/s1. The summed E-state index contributed by atoms with van der Waals surface area (Å²) >= 11 is 0. The van der Waals surface area contributed by atoms with E-state index in [0.717, 1.165) is 16.9 Å². The molecule has 0 spiro atoms. The van der Waals surface area contributed by atoms with Crippen LogP contribution in [0.1, 0.15) is 37.8 Å². The summed E-state index contributed by atoms with van der Waals surface area (Å²) in [5, 5.41) is 6.26. The van der Waals surface area contributed by atoms with E-state index in [1.807, 2.05) is 56.3 Å². The van der Waals surface area contributed by atoms with Gasteiger partial charge in [-0.3, -0.25) is 4.79 Å². The Kier molecular flexibility index (Phi) is 5.21. The zero-order valence-corrected chi connectivity index (χ0v) is 13.7. The second-order valence-corrected chi connectivity index (χ2v) is 5.97. The van der Waals surface area contributed by atoms with Gasteiger partial charge in [-0.25, -0.2) is 0 Å². The Morgan fingerprint density at radius 2 is 1.73 bits per heavy atom. The van der Waals surface area contributed by atoms with Crippen molar-refractivity contribution in [1.29, 1.82) is 0 Å². The van der Waals surface area contributed by atoms with Gasteiger partial charge in [0.2, 0.25) is 5.91 Å². The van der Waals surface area contributed by atoms with Gasteiger partial charge in [0.1, 0.15) is 6.04 Å². The lowest BCUT2D eigenvalue weighted by Crippen LogP contribution is -2.32. The van der Waals surface area contributed by atoms with Crippen LogP contribution in [0.15, 0.2) is 48.5 Å². The van der Waals surface area contributed by atoms with Crippen molar-refractivity contribution in [3.8, 4) is 0 Å². The molecule has 116 valence electrons. The molecule has 2 N–H and O–H groups in total. The van der Waals surface area contributed by atoms with Crippen LogP contribution in [0.5, 0.6) is 0 Å². The fourth-order valence-corrected chi connectivity index (χ4v) is 2.40. The highest BCUT2D eigenvalue weighted by atomic mass is 16.2. The third kappa shape index (κ3) is 4.10. The molecule has 2 aromatic carbocycles. The maximum Gasteiger partial charge on any atom is 0.246 e. The van der Waals surface area contributed by atoms with Gasteiger partial charge in [0.15, 0.2) is 0 Å². The molecule has 0 bridgehead atoms. The highest BCUT2D eigenvalue weighted by Gasteiger charge is 2.15. The maximum atomic E-state index is 12.3. The molecule has 22 heavy (non-hydrogen) atoms. The van der Waals surface area contributed by atoms with Gasteiger partial charge < -0.3 is 10.6 Å². The lowest BCUT2D eigenvalue weighted by atomic mass is 10.0. The largest absolute Gasteiger partial charge is 0.374 e. The Bertz CT molecular complexity index is 649. The molecule has 0 saturated heterocycles. The number of carbonyl (C=O) groups is 1. The number of anilines is 2. The van der Waals surface area contributed by atoms with E-state index in [-0.39, 0.29) is 11.9 Å². The molecule has 0 saturated carbocycles. The molecular weight excluding hydrogens is 272 g/mol. The zero-order chi connectivity index (χ0) is 16.1. The van der Waals surface area contributed by atoms with Crippen LogP contribution < -0.4 is 10.6 Å². The zero-order valence-electron chi connectivity index (χ0n) is 13.7. The third-order valence-corrected chi connectivity index (χ3v) is 3.63. The molecule has 0 aliphatic rings. The van der Waals surface area contributed by atoms with Gasteiger partial charge in [0.05, 0.1) is 0 Å². The number of aryl methyl sites for hydroxylation is 1. The first-order valence-electron chi connectivity index (χ1n) is 7.70. The monoisotopic (exact) mass is 296 g/mol. The number of benzene rings is 2. The molecule has 3 heteroatoms. The van der Waals surface area contributed by atoms with Gasteiger partial charge in [-0.05, 0) is 49.1 Å². The molecule has 2 aromatic rings. The molecule has 0 aliphatic carbocycles. The summed E-state index contributed by atoms with van der Waals surface area (Å²) < 4.78 is 0. The van der Waals surface area contributed by atoms with Crippen LogP contribution in [0.3, 0.4) is 0 Å². The van der Waals surface area contributed by atoms with Crippen LogP contribution in [-0.2, 0) is 4.79 Å².